The van der Waals surface area contributed by atoms with E-state index in [1.807, 2.05) is 30.2 Å². The number of aromatic nitrogens is 2. The van der Waals surface area contributed by atoms with Crippen molar-refractivity contribution in [3.8, 4) is 17.0 Å². The number of carbonyl (C=O) groups excluding carboxylic acids is 1. The summed E-state index contributed by atoms with van der Waals surface area (Å²) in [5, 5.41) is 11.3. The number of benzene rings is 1. The largest absolute Gasteiger partial charge is 0.489 e. The number of hydrogen-bond acceptors (Lipinski definition) is 8. The van der Waals surface area contributed by atoms with Crippen LogP contribution in [-0.2, 0) is 11.0 Å². The number of hydrogen-bond donors (Lipinski definition) is 2. The van der Waals surface area contributed by atoms with Crippen molar-refractivity contribution in [2.75, 3.05) is 38.5 Å². The Morgan fingerprint density at radius 1 is 1.21 bits per heavy atom. The molecule has 0 radical (unpaired) electrons. The molecule has 1 atom stereocenters. The molecular weight excluding hydrogens is 472 g/mol. The third kappa shape index (κ3) is 5.79. The lowest BCUT2D eigenvalue weighted by Gasteiger charge is -2.32. The predicted octanol–water partition coefficient (Wildman–Crippen LogP) is 3.10. The highest BCUT2D eigenvalue weighted by Gasteiger charge is 2.21. The Balaban J connectivity index is 1.49. The molecule has 1 saturated heterocycles. The van der Waals surface area contributed by atoms with E-state index in [9.17, 15) is 9.00 Å². The van der Waals surface area contributed by atoms with Gasteiger partial charge in [-0.15, -0.1) is 11.3 Å². The summed E-state index contributed by atoms with van der Waals surface area (Å²) in [5.74, 6) is 0.574. The number of nitrogens with two attached hydrogens (primary N) is 1. The van der Waals surface area contributed by atoms with Crippen molar-refractivity contribution >= 4 is 39.0 Å². The zero-order chi connectivity index (χ0) is 24.2. The van der Waals surface area contributed by atoms with Crippen molar-refractivity contribution in [1.29, 1.82) is 0 Å². The third-order valence-corrected chi connectivity index (χ3v) is 6.84. The summed E-state index contributed by atoms with van der Waals surface area (Å²) in [6, 6.07) is 8.74. The number of anilines is 2. The molecule has 0 saturated carbocycles. The molecule has 11 heteroatoms. The van der Waals surface area contributed by atoms with Gasteiger partial charge in [0.25, 0.3) is 5.91 Å². The van der Waals surface area contributed by atoms with Crippen LogP contribution in [0.25, 0.3) is 11.3 Å². The SMILES string of the molecule is CC(C)Oc1ccc(S(N)=O)cc1Nc1nc(-c2ccc(C(=O)N3CCN(C)CC3)nc2)cs1. The smallest absolute Gasteiger partial charge is 0.272 e. The summed E-state index contributed by atoms with van der Waals surface area (Å²) in [7, 11) is 0.448. The van der Waals surface area contributed by atoms with Crippen LogP contribution in [0, 0.1) is 0 Å². The molecule has 1 unspecified atom stereocenters. The molecule has 3 heterocycles. The fourth-order valence-corrected chi connectivity index (χ4v) is 4.68. The molecule has 0 bridgehead atoms. The number of piperazine rings is 1. The lowest BCUT2D eigenvalue weighted by molar-refractivity contribution is 0.0658. The number of carbonyl (C=O) groups is 1. The Morgan fingerprint density at radius 3 is 2.62 bits per heavy atom. The Morgan fingerprint density at radius 2 is 1.97 bits per heavy atom. The molecule has 1 aliphatic heterocycles. The Bertz CT molecular complexity index is 1170. The molecule has 1 aromatic carbocycles. The normalized spacial score (nSPS) is 15.4. The second-order valence-electron chi connectivity index (χ2n) is 8.31. The van der Waals surface area contributed by atoms with Gasteiger partial charge in [-0.3, -0.25) is 9.78 Å². The zero-order valence-corrected chi connectivity index (χ0v) is 21.0. The van der Waals surface area contributed by atoms with Crippen LogP contribution in [0.3, 0.4) is 0 Å². The number of nitrogens with one attached hydrogen (secondary N) is 1. The summed E-state index contributed by atoms with van der Waals surface area (Å²) >= 11 is 1.42. The Labute approximate surface area is 205 Å². The Hall–Kier alpha value is -2.86. The van der Waals surface area contributed by atoms with Gasteiger partial charge in [-0.05, 0) is 51.2 Å². The molecule has 9 nitrogen and oxygen atoms in total. The number of nitrogens with zero attached hydrogens (tertiary/aromatic N) is 4. The van der Waals surface area contributed by atoms with Gasteiger partial charge in [0.2, 0.25) is 0 Å². The summed E-state index contributed by atoms with van der Waals surface area (Å²) in [4.78, 5) is 26.3. The lowest BCUT2D eigenvalue weighted by atomic mass is 10.2. The van der Waals surface area contributed by atoms with Crippen LogP contribution < -0.4 is 15.2 Å². The van der Waals surface area contributed by atoms with Crippen LogP contribution >= 0.6 is 11.3 Å². The van der Waals surface area contributed by atoms with Crippen LogP contribution in [-0.4, -0.2) is 69.2 Å². The average molecular weight is 501 g/mol. The molecule has 4 rings (SSSR count). The van der Waals surface area contributed by atoms with Gasteiger partial charge < -0.3 is 19.9 Å². The maximum atomic E-state index is 12.7. The minimum Gasteiger partial charge on any atom is -0.489 e. The van der Waals surface area contributed by atoms with Gasteiger partial charge in [0, 0.05) is 43.3 Å². The van der Waals surface area contributed by atoms with Crippen molar-refractivity contribution in [2.24, 2.45) is 5.14 Å². The van der Waals surface area contributed by atoms with Crippen LogP contribution in [0.4, 0.5) is 10.8 Å². The predicted molar refractivity (Wildman–Crippen MR) is 135 cm³/mol. The van der Waals surface area contributed by atoms with Crippen LogP contribution in [0.15, 0.2) is 46.8 Å². The number of pyridine rings is 1. The Kier molecular flexibility index (Phi) is 7.57. The van der Waals surface area contributed by atoms with E-state index in [4.69, 9.17) is 9.88 Å². The molecule has 0 aliphatic carbocycles. The van der Waals surface area contributed by atoms with E-state index in [0.717, 1.165) is 24.3 Å². The molecule has 1 amide bonds. The molecular formula is C23H28N6O3S2. The minimum absolute atomic E-state index is 0.0280. The van der Waals surface area contributed by atoms with Crippen molar-refractivity contribution in [3.05, 3.63) is 47.6 Å². The van der Waals surface area contributed by atoms with Gasteiger partial charge in [0.1, 0.15) is 22.4 Å². The number of thiazole rings is 1. The van der Waals surface area contributed by atoms with Gasteiger partial charge in [-0.2, -0.15) is 0 Å². The molecule has 34 heavy (non-hydrogen) atoms. The van der Waals surface area contributed by atoms with E-state index in [0.29, 0.717) is 40.2 Å². The summed E-state index contributed by atoms with van der Waals surface area (Å²) in [5.41, 5.74) is 2.62. The topological polar surface area (TPSA) is 114 Å². The van der Waals surface area contributed by atoms with Gasteiger partial charge in [-0.1, -0.05) is 0 Å². The maximum Gasteiger partial charge on any atom is 0.272 e. The van der Waals surface area contributed by atoms with Crippen molar-refractivity contribution in [1.82, 2.24) is 19.8 Å². The first-order valence-electron chi connectivity index (χ1n) is 10.9. The standard InChI is InChI=1S/C23H28N6O3S2/c1-15(2)32-21-7-5-17(34(24)31)12-19(21)26-23-27-20(14-33-23)16-4-6-18(25-13-16)22(30)29-10-8-28(3)9-11-29/h4-7,12-15H,8-11,24H2,1-3H3,(H,26,27). The second-order valence-corrected chi connectivity index (χ2v) is 10.2. The monoisotopic (exact) mass is 500 g/mol. The number of ether oxygens (including phenoxy) is 1. The van der Waals surface area contributed by atoms with E-state index >= 15 is 0 Å². The summed E-state index contributed by atoms with van der Waals surface area (Å²) in [6.07, 6.45) is 1.65. The molecule has 3 aromatic rings. The van der Waals surface area contributed by atoms with Crippen molar-refractivity contribution in [2.45, 2.75) is 24.8 Å². The van der Waals surface area contributed by atoms with E-state index in [1.165, 1.54) is 11.3 Å². The highest BCUT2D eigenvalue weighted by molar-refractivity contribution is 7.82. The first-order chi connectivity index (χ1) is 16.3. The van der Waals surface area contributed by atoms with Gasteiger partial charge in [0.05, 0.1) is 22.4 Å². The molecule has 180 valence electrons. The van der Waals surface area contributed by atoms with E-state index in [-0.39, 0.29) is 12.0 Å². The maximum absolute atomic E-state index is 12.7. The quantitative estimate of drug-likeness (QED) is 0.512. The fraction of sp³-hybridized carbons (Fsp3) is 0.348. The fourth-order valence-electron chi connectivity index (χ4n) is 3.51. The average Bonchev–Trinajstić information content (AvgIpc) is 3.28. The molecule has 0 spiro atoms. The van der Waals surface area contributed by atoms with E-state index < -0.39 is 11.0 Å². The van der Waals surface area contributed by atoms with Crippen molar-refractivity contribution in [3.63, 3.8) is 0 Å². The van der Waals surface area contributed by atoms with Gasteiger partial charge >= 0.3 is 0 Å². The highest BCUT2D eigenvalue weighted by atomic mass is 32.2. The van der Waals surface area contributed by atoms with E-state index in [2.05, 4.69) is 27.2 Å². The van der Waals surface area contributed by atoms with Crippen LogP contribution in [0.1, 0.15) is 24.3 Å². The molecule has 2 aromatic heterocycles. The lowest BCUT2D eigenvalue weighted by Crippen LogP contribution is -2.47. The number of rotatable bonds is 7. The highest BCUT2D eigenvalue weighted by Crippen LogP contribution is 2.33. The van der Waals surface area contributed by atoms with Gasteiger partial charge in [-0.25, -0.2) is 14.3 Å². The summed E-state index contributed by atoms with van der Waals surface area (Å²) in [6.45, 7) is 7.03. The second kappa shape index (κ2) is 10.6. The molecule has 1 fully saturated rings. The minimum atomic E-state index is -1.61. The first kappa shape index (κ1) is 24.3. The third-order valence-electron chi connectivity index (χ3n) is 5.36. The molecule has 3 N–H and O–H groups in total. The van der Waals surface area contributed by atoms with Crippen LogP contribution in [0.5, 0.6) is 5.75 Å². The molecule has 1 aliphatic rings. The van der Waals surface area contributed by atoms with Crippen LogP contribution in [0.2, 0.25) is 0 Å². The first-order valence-corrected chi connectivity index (χ1v) is 13.0. The number of likely N-dealkylation sites (N-methyl/N-ethyl adjacent to an activating group) is 1. The zero-order valence-electron chi connectivity index (χ0n) is 19.4. The number of amides is 1. The van der Waals surface area contributed by atoms with Gasteiger partial charge in [0.15, 0.2) is 5.13 Å². The van der Waals surface area contributed by atoms with E-state index in [1.54, 1.807) is 30.5 Å². The van der Waals surface area contributed by atoms with Crippen molar-refractivity contribution < 1.29 is 13.7 Å². The summed E-state index contributed by atoms with van der Waals surface area (Å²) < 4.78 is 17.6.